The van der Waals surface area contributed by atoms with Gasteiger partial charge in [0.15, 0.2) is 19.7 Å². The molecule has 0 spiro atoms. The van der Waals surface area contributed by atoms with E-state index in [1.807, 2.05) is 0 Å². The molecule has 0 aromatic carbocycles. The van der Waals surface area contributed by atoms with Gasteiger partial charge in [-0.3, -0.25) is 0 Å². The van der Waals surface area contributed by atoms with E-state index in [0.717, 1.165) is 0 Å². The van der Waals surface area contributed by atoms with E-state index in [-0.39, 0.29) is 18.1 Å². The molecule has 0 aliphatic carbocycles. The summed E-state index contributed by atoms with van der Waals surface area (Å²) in [7, 11) is -6.64. The van der Waals surface area contributed by atoms with E-state index in [0.29, 0.717) is 6.42 Å². The summed E-state index contributed by atoms with van der Waals surface area (Å²) in [6.45, 7) is 4.94. The summed E-state index contributed by atoms with van der Waals surface area (Å²) >= 11 is 0. The van der Waals surface area contributed by atoms with E-state index in [4.69, 9.17) is 5.73 Å². The van der Waals surface area contributed by atoms with Crippen molar-refractivity contribution in [3.63, 3.8) is 0 Å². The van der Waals surface area contributed by atoms with Crippen molar-refractivity contribution < 1.29 is 16.8 Å². The lowest BCUT2D eigenvalue weighted by Crippen LogP contribution is -2.29. The van der Waals surface area contributed by atoms with Crippen LogP contribution in [0, 0.1) is 0 Å². The van der Waals surface area contributed by atoms with Gasteiger partial charge < -0.3 is 5.73 Å². The van der Waals surface area contributed by atoms with E-state index in [9.17, 15) is 16.8 Å². The maximum Gasteiger partial charge on any atom is 0.153 e. The van der Waals surface area contributed by atoms with Gasteiger partial charge in [0.2, 0.25) is 0 Å². The van der Waals surface area contributed by atoms with Crippen molar-refractivity contribution in [2.45, 2.75) is 37.7 Å². The minimum absolute atomic E-state index is 0.289. The molecule has 7 heteroatoms. The Morgan fingerprint density at radius 3 is 1.75 bits per heavy atom. The molecular weight excluding hydrogens is 250 g/mol. The van der Waals surface area contributed by atoms with Crippen LogP contribution >= 0.6 is 0 Å². The van der Waals surface area contributed by atoms with Gasteiger partial charge in [-0.2, -0.15) is 0 Å². The minimum atomic E-state index is -3.35. The highest BCUT2D eigenvalue weighted by atomic mass is 32.2. The van der Waals surface area contributed by atoms with Crippen LogP contribution in [0.5, 0.6) is 0 Å². The first-order valence-electron chi connectivity index (χ1n) is 5.26. The fraction of sp³-hybridized carbons (Fsp3) is 1.00. The first kappa shape index (κ1) is 15.9. The molecule has 0 aromatic heterocycles. The van der Waals surface area contributed by atoms with Gasteiger partial charge in [-0.15, -0.1) is 0 Å². The first-order valence-corrected chi connectivity index (χ1v) is 8.69. The molecule has 2 N–H and O–H groups in total. The smallest absolute Gasteiger partial charge is 0.153 e. The van der Waals surface area contributed by atoms with Gasteiger partial charge in [-0.1, -0.05) is 0 Å². The summed E-state index contributed by atoms with van der Waals surface area (Å²) < 4.78 is 46.3. The zero-order valence-corrected chi connectivity index (χ0v) is 11.6. The zero-order valence-electron chi connectivity index (χ0n) is 10.0. The number of sulfone groups is 2. The fourth-order valence-electron chi connectivity index (χ4n) is 1.08. The summed E-state index contributed by atoms with van der Waals surface area (Å²) in [6, 6.07) is 0. The summed E-state index contributed by atoms with van der Waals surface area (Å²) in [5, 5.41) is -1.10. The Labute approximate surface area is 98.2 Å². The van der Waals surface area contributed by atoms with E-state index < -0.39 is 30.2 Å². The van der Waals surface area contributed by atoms with Crippen LogP contribution < -0.4 is 5.73 Å². The Morgan fingerprint density at radius 2 is 1.38 bits per heavy atom. The highest BCUT2D eigenvalue weighted by Crippen LogP contribution is 2.09. The second-order valence-corrected chi connectivity index (χ2v) is 9.39. The van der Waals surface area contributed by atoms with Gasteiger partial charge >= 0.3 is 0 Å². The van der Waals surface area contributed by atoms with Crippen molar-refractivity contribution in [1.29, 1.82) is 0 Å². The van der Waals surface area contributed by atoms with Crippen molar-refractivity contribution in [3.8, 4) is 0 Å². The van der Waals surface area contributed by atoms with E-state index in [2.05, 4.69) is 0 Å². The molecule has 0 bridgehead atoms. The Hall–Kier alpha value is -0.140. The Bertz CT molecular complexity index is 397. The third kappa shape index (κ3) is 4.80. The average molecular weight is 271 g/mol. The van der Waals surface area contributed by atoms with Crippen LogP contribution in [0.4, 0.5) is 0 Å². The first-order chi connectivity index (χ1) is 7.13. The van der Waals surface area contributed by atoms with Crippen molar-refractivity contribution in [1.82, 2.24) is 0 Å². The van der Waals surface area contributed by atoms with Crippen LogP contribution in [0.2, 0.25) is 0 Å². The third-order valence-electron chi connectivity index (χ3n) is 2.56. The quantitative estimate of drug-likeness (QED) is 0.701. The molecule has 0 saturated heterocycles. The highest BCUT2D eigenvalue weighted by molar-refractivity contribution is 7.95. The second-order valence-electron chi connectivity index (χ2n) is 4.17. The molecule has 0 rings (SSSR count). The molecule has 0 aromatic rings. The lowest BCUT2D eigenvalue weighted by molar-refractivity contribution is 0.573. The predicted octanol–water partition coefficient (Wildman–Crippen LogP) is -0.0383. The van der Waals surface area contributed by atoms with Crippen molar-refractivity contribution >= 4 is 19.7 Å². The molecule has 0 aliphatic rings. The van der Waals surface area contributed by atoms with Crippen LogP contribution in [0.3, 0.4) is 0 Å². The summed E-state index contributed by atoms with van der Waals surface area (Å²) in [5.74, 6) is -0.614. The monoisotopic (exact) mass is 271 g/mol. The maximum absolute atomic E-state index is 11.7. The van der Waals surface area contributed by atoms with Crippen LogP contribution in [0.1, 0.15) is 27.2 Å². The number of rotatable bonds is 7. The Balaban J connectivity index is 4.53. The highest BCUT2D eigenvalue weighted by Gasteiger charge is 2.24. The standard InChI is InChI=1S/C9H21NO4S2/c1-8(2)15(11,12)6-7-16(13,14)9(3)4-5-10/h8-9H,4-7,10H2,1-3H3. The van der Waals surface area contributed by atoms with Gasteiger partial charge in [0, 0.05) is 0 Å². The topological polar surface area (TPSA) is 94.3 Å². The maximum atomic E-state index is 11.7. The lowest BCUT2D eigenvalue weighted by Gasteiger charge is -2.12. The van der Waals surface area contributed by atoms with Crippen molar-refractivity contribution in [2.24, 2.45) is 5.73 Å². The molecule has 0 heterocycles. The molecule has 5 nitrogen and oxygen atoms in total. The van der Waals surface area contributed by atoms with Gasteiger partial charge in [0.1, 0.15) is 0 Å². The SMILES string of the molecule is CC(C)S(=O)(=O)CCS(=O)(=O)C(C)CCN. The van der Waals surface area contributed by atoms with Crippen LogP contribution in [0.25, 0.3) is 0 Å². The Morgan fingerprint density at radius 1 is 0.938 bits per heavy atom. The van der Waals surface area contributed by atoms with Gasteiger partial charge in [-0.25, -0.2) is 16.8 Å². The van der Waals surface area contributed by atoms with Gasteiger partial charge in [0.25, 0.3) is 0 Å². The van der Waals surface area contributed by atoms with E-state index >= 15 is 0 Å². The second kappa shape index (κ2) is 5.97. The fourth-order valence-corrected chi connectivity index (χ4v) is 4.31. The zero-order chi connectivity index (χ0) is 13.0. The molecule has 98 valence electrons. The molecule has 0 aliphatic heterocycles. The Kier molecular flexibility index (Phi) is 5.92. The van der Waals surface area contributed by atoms with E-state index in [1.54, 1.807) is 20.8 Å². The van der Waals surface area contributed by atoms with Crippen molar-refractivity contribution in [2.75, 3.05) is 18.1 Å². The minimum Gasteiger partial charge on any atom is -0.330 e. The summed E-state index contributed by atoms with van der Waals surface area (Å²) in [5.41, 5.74) is 5.27. The molecule has 0 amide bonds. The number of hydrogen-bond donors (Lipinski definition) is 1. The normalized spacial score (nSPS) is 15.3. The molecule has 0 saturated carbocycles. The van der Waals surface area contributed by atoms with Crippen LogP contribution in [-0.4, -0.2) is 45.4 Å². The van der Waals surface area contributed by atoms with Crippen LogP contribution in [-0.2, 0) is 19.7 Å². The summed E-state index contributed by atoms with van der Waals surface area (Å²) in [6.07, 6.45) is 0.365. The molecule has 1 atom stereocenters. The summed E-state index contributed by atoms with van der Waals surface area (Å²) in [4.78, 5) is 0. The molecular formula is C9H21NO4S2. The predicted molar refractivity (Wildman–Crippen MR) is 65.8 cm³/mol. The van der Waals surface area contributed by atoms with E-state index in [1.165, 1.54) is 0 Å². The average Bonchev–Trinajstić information content (AvgIpc) is 2.15. The molecule has 0 fully saturated rings. The molecule has 16 heavy (non-hydrogen) atoms. The number of nitrogens with two attached hydrogens (primary N) is 1. The lowest BCUT2D eigenvalue weighted by atomic mass is 10.3. The largest absolute Gasteiger partial charge is 0.330 e. The third-order valence-corrected chi connectivity index (χ3v) is 7.26. The van der Waals surface area contributed by atoms with Gasteiger partial charge in [0.05, 0.1) is 22.0 Å². The number of hydrogen-bond acceptors (Lipinski definition) is 5. The molecule has 0 radical (unpaired) electrons. The van der Waals surface area contributed by atoms with Gasteiger partial charge in [-0.05, 0) is 33.7 Å². The van der Waals surface area contributed by atoms with Crippen LogP contribution in [0.15, 0.2) is 0 Å². The molecule has 1 unspecified atom stereocenters. The van der Waals surface area contributed by atoms with Crippen molar-refractivity contribution in [3.05, 3.63) is 0 Å².